The summed E-state index contributed by atoms with van der Waals surface area (Å²) >= 11 is 0. The van der Waals surface area contributed by atoms with Gasteiger partial charge in [0.15, 0.2) is 5.78 Å². The summed E-state index contributed by atoms with van der Waals surface area (Å²) in [5.41, 5.74) is 4.09. The van der Waals surface area contributed by atoms with Crippen molar-refractivity contribution in [3.8, 4) is 0 Å². The van der Waals surface area contributed by atoms with Crippen molar-refractivity contribution in [3.05, 3.63) is 65.2 Å². The standard InChI is InChI=1S/C19H20N2O2/c1-14(22)15-6-8-18(9-7-15)20-12-19(23)21-11-10-16-4-2-3-5-17(16)13-21/h2-9,20H,10-13H2,1H3. The van der Waals surface area contributed by atoms with Gasteiger partial charge in [0.1, 0.15) is 0 Å². The van der Waals surface area contributed by atoms with Crippen LogP contribution < -0.4 is 5.32 Å². The van der Waals surface area contributed by atoms with Crippen molar-refractivity contribution in [3.63, 3.8) is 0 Å². The van der Waals surface area contributed by atoms with Crippen molar-refractivity contribution in [2.24, 2.45) is 0 Å². The maximum absolute atomic E-state index is 12.4. The topological polar surface area (TPSA) is 49.4 Å². The number of rotatable bonds is 4. The summed E-state index contributed by atoms with van der Waals surface area (Å²) < 4.78 is 0. The maximum Gasteiger partial charge on any atom is 0.242 e. The minimum atomic E-state index is 0.0413. The highest BCUT2D eigenvalue weighted by atomic mass is 16.2. The van der Waals surface area contributed by atoms with Crippen LogP contribution in [0.4, 0.5) is 5.69 Å². The molecule has 1 amide bonds. The molecule has 2 aromatic rings. The average molecular weight is 308 g/mol. The van der Waals surface area contributed by atoms with Crippen LogP contribution in [0.1, 0.15) is 28.4 Å². The fraction of sp³-hybridized carbons (Fsp3) is 0.263. The number of anilines is 1. The van der Waals surface area contributed by atoms with Crippen LogP contribution in [-0.2, 0) is 17.8 Å². The fourth-order valence-electron chi connectivity index (χ4n) is 2.82. The molecule has 118 valence electrons. The van der Waals surface area contributed by atoms with E-state index < -0.39 is 0 Å². The lowest BCUT2D eigenvalue weighted by Crippen LogP contribution is -2.39. The van der Waals surface area contributed by atoms with Crippen LogP contribution >= 0.6 is 0 Å². The third kappa shape index (κ3) is 3.59. The van der Waals surface area contributed by atoms with Crippen LogP contribution in [-0.4, -0.2) is 29.7 Å². The number of carbonyl (C=O) groups excluding carboxylic acids is 2. The molecular formula is C19H20N2O2. The summed E-state index contributed by atoms with van der Waals surface area (Å²) in [7, 11) is 0. The lowest BCUT2D eigenvalue weighted by molar-refractivity contribution is -0.130. The van der Waals surface area contributed by atoms with E-state index in [4.69, 9.17) is 0 Å². The van der Waals surface area contributed by atoms with Crippen LogP contribution in [0, 0.1) is 0 Å². The Hall–Kier alpha value is -2.62. The molecular weight excluding hydrogens is 288 g/mol. The summed E-state index contributed by atoms with van der Waals surface area (Å²) in [5, 5.41) is 3.13. The van der Waals surface area contributed by atoms with Crippen LogP contribution in [0.2, 0.25) is 0 Å². The van der Waals surface area contributed by atoms with Gasteiger partial charge < -0.3 is 10.2 Å². The summed E-state index contributed by atoms with van der Waals surface area (Å²) in [4.78, 5) is 25.5. The van der Waals surface area contributed by atoms with Crippen molar-refractivity contribution < 1.29 is 9.59 Å². The second kappa shape index (κ2) is 6.65. The largest absolute Gasteiger partial charge is 0.376 e. The molecule has 0 atom stereocenters. The summed E-state index contributed by atoms with van der Waals surface area (Å²) in [5.74, 6) is 0.134. The number of hydrogen-bond acceptors (Lipinski definition) is 3. The molecule has 1 aliphatic heterocycles. The number of amides is 1. The van der Waals surface area contributed by atoms with Gasteiger partial charge in [0.2, 0.25) is 5.91 Å². The monoisotopic (exact) mass is 308 g/mol. The second-order valence-electron chi connectivity index (χ2n) is 5.82. The zero-order chi connectivity index (χ0) is 16.2. The fourth-order valence-corrected chi connectivity index (χ4v) is 2.82. The van der Waals surface area contributed by atoms with E-state index in [1.165, 1.54) is 11.1 Å². The Bertz CT molecular complexity index is 722. The Morgan fingerprint density at radius 3 is 2.43 bits per heavy atom. The number of Topliss-reactive ketones (excluding diaryl/α,β-unsaturated/α-hetero) is 1. The minimum absolute atomic E-state index is 0.0413. The van der Waals surface area contributed by atoms with Gasteiger partial charge in [-0.15, -0.1) is 0 Å². The van der Waals surface area contributed by atoms with Crippen molar-refractivity contribution in [1.82, 2.24) is 4.90 Å². The third-order valence-corrected chi connectivity index (χ3v) is 4.22. The summed E-state index contributed by atoms with van der Waals surface area (Å²) in [6.45, 7) is 3.25. The van der Waals surface area contributed by atoms with Crippen LogP contribution in [0.3, 0.4) is 0 Å². The molecule has 0 aliphatic carbocycles. The first-order valence-electron chi connectivity index (χ1n) is 7.83. The Balaban J connectivity index is 1.57. The Labute approximate surface area is 136 Å². The maximum atomic E-state index is 12.4. The molecule has 23 heavy (non-hydrogen) atoms. The predicted molar refractivity (Wildman–Crippen MR) is 90.5 cm³/mol. The van der Waals surface area contributed by atoms with Gasteiger partial charge in [-0.25, -0.2) is 0 Å². The quantitative estimate of drug-likeness (QED) is 0.884. The molecule has 2 aromatic carbocycles. The number of hydrogen-bond donors (Lipinski definition) is 1. The van der Waals surface area contributed by atoms with Gasteiger partial charge in [-0.1, -0.05) is 24.3 Å². The van der Waals surface area contributed by atoms with Gasteiger partial charge in [0.05, 0.1) is 6.54 Å². The molecule has 0 fully saturated rings. The molecule has 0 radical (unpaired) electrons. The number of nitrogens with one attached hydrogen (secondary N) is 1. The third-order valence-electron chi connectivity index (χ3n) is 4.22. The number of fused-ring (bicyclic) bond motifs is 1. The molecule has 1 aliphatic rings. The van der Waals surface area contributed by atoms with Crippen LogP contribution in [0.5, 0.6) is 0 Å². The first-order chi connectivity index (χ1) is 11.1. The first kappa shape index (κ1) is 15.3. The van der Waals surface area contributed by atoms with Crippen molar-refractivity contribution in [1.29, 1.82) is 0 Å². The minimum Gasteiger partial charge on any atom is -0.376 e. The van der Waals surface area contributed by atoms with Crippen LogP contribution in [0.15, 0.2) is 48.5 Å². The zero-order valence-corrected chi connectivity index (χ0v) is 13.2. The highest BCUT2D eigenvalue weighted by Gasteiger charge is 2.19. The lowest BCUT2D eigenvalue weighted by atomic mass is 10.00. The Kier molecular flexibility index (Phi) is 4.42. The molecule has 4 heteroatoms. The van der Waals surface area contributed by atoms with E-state index in [0.717, 1.165) is 18.7 Å². The number of benzene rings is 2. The highest BCUT2D eigenvalue weighted by molar-refractivity contribution is 5.94. The van der Waals surface area contributed by atoms with Gasteiger partial charge in [-0.05, 0) is 48.7 Å². The molecule has 3 rings (SSSR count). The molecule has 1 N–H and O–H groups in total. The molecule has 0 spiro atoms. The number of nitrogens with zero attached hydrogens (tertiary/aromatic N) is 1. The second-order valence-corrected chi connectivity index (χ2v) is 5.82. The Morgan fingerprint density at radius 1 is 1.04 bits per heavy atom. The van der Waals surface area contributed by atoms with Gasteiger partial charge in [-0.3, -0.25) is 9.59 Å². The molecule has 0 bridgehead atoms. The van der Waals surface area contributed by atoms with Gasteiger partial charge in [0, 0.05) is 24.3 Å². The highest BCUT2D eigenvalue weighted by Crippen LogP contribution is 2.18. The summed E-state index contributed by atoms with van der Waals surface area (Å²) in [6.07, 6.45) is 0.912. The molecule has 0 saturated carbocycles. The van der Waals surface area contributed by atoms with E-state index in [0.29, 0.717) is 12.1 Å². The molecule has 1 heterocycles. The van der Waals surface area contributed by atoms with Gasteiger partial charge in [-0.2, -0.15) is 0 Å². The predicted octanol–water partition coefficient (Wildman–Crippen LogP) is 2.89. The molecule has 0 saturated heterocycles. The van der Waals surface area contributed by atoms with E-state index >= 15 is 0 Å². The molecule has 0 aromatic heterocycles. The van der Waals surface area contributed by atoms with E-state index in [9.17, 15) is 9.59 Å². The summed E-state index contributed by atoms with van der Waals surface area (Å²) in [6, 6.07) is 15.5. The number of carbonyl (C=O) groups is 2. The first-order valence-corrected chi connectivity index (χ1v) is 7.83. The van der Waals surface area contributed by atoms with E-state index in [-0.39, 0.29) is 18.2 Å². The molecule has 0 unspecified atom stereocenters. The van der Waals surface area contributed by atoms with Crippen molar-refractivity contribution in [2.75, 3.05) is 18.4 Å². The van der Waals surface area contributed by atoms with Gasteiger partial charge >= 0.3 is 0 Å². The smallest absolute Gasteiger partial charge is 0.242 e. The molecule has 4 nitrogen and oxygen atoms in total. The van der Waals surface area contributed by atoms with E-state index in [1.54, 1.807) is 19.1 Å². The lowest BCUT2D eigenvalue weighted by Gasteiger charge is -2.29. The van der Waals surface area contributed by atoms with Crippen molar-refractivity contribution in [2.45, 2.75) is 19.9 Å². The normalized spacial score (nSPS) is 13.3. The Morgan fingerprint density at radius 2 is 1.74 bits per heavy atom. The SMILES string of the molecule is CC(=O)c1ccc(NCC(=O)N2CCc3ccccc3C2)cc1. The van der Waals surface area contributed by atoms with Gasteiger partial charge in [0.25, 0.3) is 0 Å². The van der Waals surface area contributed by atoms with Crippen LogP contribution in [0.25, 0.3) is 0 Å². The van der Waals surface area contributed by atoms with E-state index in [2.05, 4.69) is 17.4 Å². The zero-order valence-electron chi connectivity index (χ0n) is 13.2. The van der Waals surface area contributed by atoms with E-state index in [1.807, 2.05) is 29.2 Å². The number of ketones is 1. The average Bonchev–Trinajstić information content (AvgIpc) is 2.59. The van der Waals surface area contributed by atoms with Crippen molar-refractivity contribution >= 4 is 17.4 Å².